The molecule has 3 rings (SSSR count). The molecule has 0 bridgehead atoms. The van der Waals surface area contributed by atoms with Gasteiger partial charge in [0.25, 0.3) is 10.2 Å². The predicted octanol–water partition coefficient (Wildman–Crippen LogP) is 1.04. The molecule has 2 heterocycles. The SMILES string of the molecule is CCOC[C@H]1CN(S(=O)(=O)N(C)C)Cc2cnn(CC3CC3)c21. The molecule has 0 amide bonds. The minimum atomic E-state index is -3.43. The highest BCUT2D eigenvalue weighted by molar-refractivity contribution is 7.86. The van der Waals surface area contributed by atoms with Gasteiger partial charge in [0.15, 0.2) is 0 Å². The summed E-state index contributed by atoms with van der Waals surface area (Å²) in [6.45, 7) is 4.90. The van der Waals surface area contributed by atoms with Crippen LogP contribution in [0, 0.1) is 5.92 Å². The van der Waals surface area contributed by atoms with Crippen LogP contribution in [0.5, 0.6) is 0 Å². The van der Waals surface area contributed by atoms with Crippen molar-refractivity contribution in [1.29, 1.82) is 0 Å². The van der Waals surface area contributed by atoms with Gasteiger partial charge < -0.3 is 4.74 Å². The van der Waals surface area contributed by atoms with Gasteiger partial charge in [-0.25, -0.2) is 0 Å². The fraction of sp³-hybridized carbons (Fsp3) is 0.800. The topological polar surface area (TPSA) is 67.7 Å². The minimum Gasteiger partial charge on any atom is -0.381 e. The molecule has 8 heteroatoms. The Kier molecular flexibility index (Phi) is 4.78. The van der Waals surface area contributed by atoms with Crippen LogP contribution in [0.15, 0.2) is 6.20 Å². The molecule has 1 aromatic rings. The Morgan fingerprint density at radius 1 is 1.39 bits per heavy atom. The van der Waals surface area contributed by atoms with Crippen LogP contribution < -0.4 is 0 Å². The van der Waals surface area contributed by atoms with Gasteiger partial charge in [-0.1, -0.05) is 0 Å². The number of hydrogen-bond donors (Lipinski definition) is 0. The molecule has 1 aromatic heterocycles. The fourth-order valence-electron chi connectivity index (χ4n) is 3.10. The number of nitrogens with zero attached hydrogens (tertiary/aromatic N) is 4. The van der Waals surface area contributed by atoms with E-state index in [9.17, 15) is 8.42 Å². The van der Waals surface area contributed by atoms with Gasteiger partial charge in [-0.15, -0.1) is 0 Å². The first-order valence-electron chi connectivity index (χ1n) is 8.23. The van der Waals surface area contributed by atoms with E-state index in [0.717, 1.165) is 23.7 Å². The Labute approximate surface area is 138 Å². The van der Waals surface area contributed by atoms with Crippen molar-refractivity contribution in [3.8, 4) is 0 Å². The summed E-state index contributed by atoms with van der Waals surface area (Å²) < 4.78 is 35.5. The molecule has 1 atom stereocenters. The molecule has 1 aliphatic carbocycles. The van der Waals surface area contributed by atoms with Crippen molar-refractivity contribution in [1.82, 2.24) is 18.4 Å². The van der Waals surface area contributed by atoms with E-state index < -0.39 is 10.2 Å². The van der Waals surface area contributed by atoms with Crippen molar-refractivity contribution < 1.29 is 13.2 Å². The Bertz CT molecular complexity index is 652. The molecule has 0 spiro atoms. The zero-order valence-corrected chi connectivity index (χ0v) is 14.9. The van der Waals surface area contributed by atoms with Gasteiger partial charge in [-0.05, 0) is 25.7 Å². The number of rotatable bonds is 7. The van der Waals surface area contributed by atoms with Gasteiger partial charge >= 0.3 is 0 Å². The van der Waals surface area contributed by atoms with Gasteiger partial charge in [0.05, 0.1) is 12.8 Å². The fourth-order valence-corrected chi connectivity index (χ4v) is 4.24. The Balaban J connectivity index is 1.88. The first-order chi connectivity index (χ1) is 10.9. The van der Waals surface area contributed by atoms with E-state index in [0.29, 0.717) is 26.3 Å². The van der Waals surface area contributed by atoms with E-state index in [-0.39, 0.29) is 5.92 Å². The summed E-state index contributed by atoms with van der Waals surface area (Å²) in [6, 6.07) is 0. The molecule has 1 aliphatic heterocycles. The van der Waals surface area contributed by atoms with Crippen LogP contribution in [0.2, 0.25) is 0 Å². The summed E-state index contributed by atoms with van der Waals surface area (Å²) in [5.74, 6) is 0.768. The molecule has 1 saturated carbocycles. The lowest BCUT2D eigenvalue weighted by atomic mass is 9.98. The molecule has 1 fully saturated rings. The highest BCUT2D eigenvalue weighted by atomic mass is 32.2. The molecule has 0 radical (unpaired) electrons. The standard InChI is InChI=1S/C15H26N4O3S/c1-4-22-11-14-10-18(23(20,21)17(2)3)9-13-7-16-19(15(13)14)8-12-5-6-12/h7,12,14H,4-6,8-11H2,1-3H3/t14-/m1/s1. The average Bonchev–Trinajstić information content (AvgIpc) is 3.23. The van der Waals surface area contributed by atoms with Crippen LogP contribution in [0.4, 0.5) is 0 Å². The second-order valence-electron chi connectivity index (χ2n) is 6.62. The van der Waals surface area contributed by atoms with E-state index in [1.54, 1.807) is 14.1 Å². The lowest BCUT2D eigenvalue weighted by Crippen LogP contribution is -2.45. The van der Waals surface area contributed by atoms with Gasteiger partial charge in [-0.2, -0.15) is 22.1 Å². The molecular formula is C15H26N4O3S. The second kappa shape index (κ2) is 6.51. The second-order valence-corrected chi connectivity index (χ2v) is 8.76. The van der Waals surface area contributed by atoms with E-state index in [4.69, 9.17) is 4.74 Å². The molecular weight excluding hydrogens is 316 g/mol. The maximum absolute atomic E-state index is 12.5. The Morgan fingerprint density at radius 3 is 2.74 bits per heavy atom. The number of aromatic nitrogens is 2. The zero-order valence-electron chi connectivity index (χ0n) is 14.1. The molecule has 0 N–H and O–H groups in total. The largest absolute Gasteiger partial charge is 0.381 e. The van der Waals surface area contributed by atoms with E-state index in [1.165, 1.54) is 21.5 Å². The Morgan fingerprint density at radius 2 is 2.13 bits per heavy atom. The van der Waals surface area contributed by atoms with E-state index in [2.05, 4.69) is 9.78 Å². The number of ether oxygens (including phenoxy) is 1. The van der Waals surface area contributed by atoms with Gasteiger partial charge in [0.1, 0.15) is 0 Å². The quantitative estimate of drug-likeness (QED) is 0.742. The van der Waals surface area contributed by atoms with Crippen molar-refractivity contribution in [3.63, 3.8) is 0 Å². The van der Waals surface area contributed by atoms with Crippen LogP contribution >= 0.6 is 0 Å². The summed E-state index contributed by atoms with van der Waals surface area (Å²) >= 11 is 0. The monoisotopic (exact) mass is 342 g/mol. The van der Waals surface area contributed by atoms with Crippen molar-refractivity contribution in [2.75, 3.05) is 33.9 Å². The maximum atomic E-state index is 12.5. The zero-order chi connectivity index (χ0) is 16.6. The van der Waals surface area contributed by atoms with Gasteiger partial charge in [0.2, 0.25) is 0 Å². The average molecular weight is 342 g/mol. The summed E-state index contributed by atoms with van der Waals surface area (Å²) in [5, 5.41) is 4.52. The third-order valence-corrected chi connectivity index (χ3v) is 6.41. The van der Waals surface area contributed by atoms with Crippen LogP contribution in [0.25, 0.3) is 0 Å². The summed E-state index contributed by atoms with van der Waals surface area (Å²) in [4.78, 5) is 0. The van der Waals surface area contributed by atoms with Crippen LogP contribution in [-0.2, 0) is 28.0 Å². The van der Waals surface area contributed by atoms with Crippen molar-refractivity contribution >= 4 is 10.2 Å². The smallest absolute Gasteiger partial charge is 0.281 e. The molecule has 0 saturated heterocycles. The molecule has 7 nitrogen and oxygen atoms in total. The third kappa shape index (κ3) is 3.45. The van der Waals surface area contributed by atoms with E-state index in [1.807, 2.05) is 13.1 Å². The van der Waals surface area contributed by atoms with E-state index >= 15 is 0 Å². The Hall–Kier alpha value is -0.960. The van der Waals surface area contributed by atoms with Crippen molar-refractivity contribution in [2.45, 2.75) is 38.8 Å². The number of fused-ring (bicyclic) bond motifs is 1. The lowest BCUT2D eigenvalue weighted by Gasteiger charge is -2.34. The molecule has 23 heavy (non-hydrogen) atoms. The minimum absolute atomic E-state index is 0.0367. The predicted molar refractivity (Wildman–Crippen MR) is 87.2 cm³/mol. The third-order valence-electron chi connectivity index (χ3n) is 4.56. The first kappa shape index (κ1) is 16.9. The summed E-state index contributed by atoms with van der Waals surface area (Å²) in [6.07, 6.45) is 4.37. The summed E-state index contributed by atoms with van der Waals surface area (Å²) in [5.41, 5.74) is 2.17. The van der Waals surface area contributed by atoms with Crippen LogP contribution in [0.3, 0.4) is 0 Å². The molecule has 2 aliphatic rings. The van der Waals surface area contributed by atoms with Gasteiger partial charge in [0, 0.05) is 57.5 Å². The van der Waals surface area contributed by atoms with Crippen LogP contribution in [-0.4, -0.2) is 60.7 Å². The van der Waals surface area contributed by atoms with Crippen LogP contribution in [0.1, 0.15) is 36.9 Å². The highest BCUT2D eigenvalue weighted by Crippen LogP contribution is 2.35. The summed E-state index contributed by atoms with van der Waals surface area (Å²) in [7, 11) is -0.291. The first-order valence-corrected chi connectivity index (χ1v) is 9.63. The maximum Gasteiger partial charge on any atom is 0.281 e. The molecule has 0 unspecified atom stereocenters. The van der Waals surface area contributed by atoms with Crippen molar-refractivity contribution in [3.05, 3.63) is 17.5 Å². The molecule has 0 aromatic carbocycles. The highest BCUT2D eigenvalue weighted by Gasteiger charge is 2.37. The normalized spacial score (nSPS) is 22.5. The molecule has 130 valence electrons. The van der Waals surface area contributed by atoms with Crippen molar-refractivity contribution in [2.24, 2.45) is 5.92 Å². The lowest BCUT2D eigenvalue weighted by molar-refractivity contribution is 0.118. The van der Waals surface area contributed by atoms with Gasteiger partial charge in [-0.3, -0.25) is 4.68 Å². The number of hydrogen-bond acceptors (Lipinski definition) is 4.